The van der Waals surface area contributed by atoms with Gasteiger partial charge in [-0.1, -0.05) is 97.9 Å². The Balaban J connectivity index is 1.10. The van der Waals surface area contributed by atoms with Crippen LogP contribution >= 0.6 is 0 Å². The van der Waals surface area contributed by atoms with E-state index >= 15 is 0 Å². The molecule has 1 unspecified atom stereocenters. The molecule has 1 fully saturated rings. The van der Waals surface area contributed by atoms with E-state index in [1.165, 1.54) is 41.5 Å². The lowest BCUT2D eigenvalue weighted by Gasteiger charge is -2.52. The molecule has 0 saturated heterocycles. The number of ether oxygens (including phenoxy) is 1. The normalized spacial score (nSPS) is 19.7. The van der Waals surface area contributed by atoms with Crippen molar-refractivity contribution < 1.29 is 9.15 Å². The van der Waals surface area contributed by atoms with Crippen LogP contribution in [0.25, 0.3) is 60.8 Å². The number of aryl methyl sites for hydroxylation is 2. The molecule has 2 aliphatic carbocycles. The van der Waals surface area contributed by atoms with Crippen molar-refractivity contribution in [3.8, 4) is 28.6 Å². The van der Waals surface area contributed by atoms with Crippen LogP contribution in [0, 0.1) is 36.5 Å². The van der Waals surface area contributed by atoms with Crippen molar-refractivity contribution in [2.45, 2.75) is 99.3 Å². The Morgan fingerprint density at radius 2 is 1.38 bits per heavy atom. The van der Waals surface area contributed by atoms with E-state index in [0.29, 0.717) is 39.9 Å². The summed E-state index contributed by atoms with van der Waals surface area (Å²) in [6.07, 6.45) is 5.99. The molecule has 58 heavy (non-hydrogen) atoms. The molecule has 4 aromatic carbocycles. The minimum absolute atomic E-state index is 0.00156. The van der Waals surface area contributed by atoms with Gasteiger partial charge in [0.15, 0.2) is 11.3 Å². The number of hydrogen-bond donors (Lipinski definition) is 0. The van der Waals surface area contributed by atoms with Gasteiger partial charge in [-0.25, -0.2) is 0 Å². The zero-order chi connectivity index (χ0) is 40.5. The first-order valence-electron chi connectivity index (χ1n) is 21.1. The highest BCUT2D eigenvalue weighted by Crippen LogP contribution is 2.62. The van der Waals surface area contributed by atoms with Crippen molar-refractivity contribution in [1.82, 2.24) is 14.5 Å². The molecule has 0 spiro atoms. The second kappa shape index (κ2) is 12.5. The monoisotopic (exact) mass is 765 g/mol. The number of nitrogens with zero attached hydrogens (tertiary/aromatic N) is 3. The molecule has 5 nitrogen and oxygen atoms in total. The van der Waals surface area contributed by atoms with Gasteiger partial charge in [0.1, 0.15) is 11.2 Å². The van der Waals surface area contributed by atoms with Crippen LogP contribution in [-0.2, 0) is 10.8 Å². The first kappa shape index (κ1) is 36.9. The summed E-state index contributed by atoms with van der Waals surface area (Å²) in [5.74, 6) is 2.26. The molecule has 0 radical (unpaired) electrons. The van der Waals surface area contributed by atoms with Crippen LogP contribution in [0.2, 0.25) is 0 Å². The lowest BCUT2D eigenvalue weighted by atomic mass is 9.53. The Morgan fingerprint density at radius 3 is 2.14 bits per heavy atom. The Kier molecular flexibility index (Phi) is 7.98. The van der Waals surface area contributed by atoms with E-state index in [1.54, 1.807) is 0 Å². The number of aromatic nitrogens is 3. The second-order valence-corrected chi connectivity index (χ2v) is 20.4. The van der Waals surface area contributed by atoms with Crippen LogP contribution in [0.1, 0.15) is 96.9 Å². The molecule has 8 aromatic rings. The van der Waals surface area contributed by atoms with Gasteiger partial charge in [-0.3, -0.25) is 9.55 Å². The molecule has 294 valence electrons. The summed E-state index contributed by atoms with van der Waals surface area (Å²) in [4.78, 5) is 10.5. The molecule has 5 heteroatoms. The fourth-order valence-electron chi connectivity index (χ4n) is 12.4. The third-order valence-electron chi connectivity index (χ3n) is 14.1. The molecule has 4 heterocycles. The fraction of sp³-hybridized carbons (Fsp3) is 0.358. The van der Waals surface area contributed by atoms with E-state index in [4.69, 9.17) is 19.1 Å². The molecular formula is C53H55N3O2. The van der Waals surface area contributed by atoms with E-state index in [2.05, 4.69) is 159 Å². The lowest BCUT2D eigenvalue weighted by molar-refractivity contribution is 0.00421. The summed E-state index contributed by atoms with van der Waals surface area (Å²) in [7, 11) is 0. The van der Waals surface area contributed by atoms with E-state index < -0.39 is 0 Å². The molecule has 0 aliphatic heterocycles. The minimum atomic E-state index is -0.0236. The maximum atomic E-state index is 6.88. The van der Waals surface area contributed by atoms with Gasteiger partial charge in [-0.15, -0.1) is 0 Å². The number of para-hydroxylation sites is 2. The average molecular weight is 766 g/mol. The van der Waals surface area contributed by atoms with Crippen molar-refractivity contribution in [3.05, 3.63) is 126 Å². The van der Waals surface area contributed by atoms with Crippen LogP contribution in [0.15, 0.2) is 108 Å². The fourth-order valence-corrected chi connectivity index (χ4v) is 12.4. The maximum absolute atomic E-state index is 6.88. The Morgan fingerprint density at radius 1 is 0.672 bits per heavy atom. The number of rotatable bonds is 5. The summed E-state index contributed by atoms with van der Waals surface area (Å²) < 4.78 is 15.7. The number of benzene rings is 4. The number of pyridine rings is 2. The molecular weight excluding hydrogens is 711 g/mol. The summed E-state index contributed by atoms with van der Waals surface area (Å²) in [5.41, 5.74) is 12.4. The first-order valence-corrected chi connectivity index (χ1v) is 21.1. The van der Waals surface area contributed by atoms with E-state index in [9.17, 15) is 0 Å². The van der Waals surface area contributed by atoms with Crippen LogP contribution in [0.3, 0.4) is 0 Å². The lowest BCUT2D eigenvalue weighted by Crippen LogP contribution is -2.45. The minimum Gasteiger partial charge on any atom is -0.452 e. The predicted octanol–water partition coefficient (Wildman–Crippen LogP) is 14.6. The molecule has 10 rings (SSSR count). The second-order valence-electron chi connectivity index (χ2n) is 20.4. The van der Waals surface area contributed by atoms with Crippen molar-refractivity contribution in [2.24, 2.45) is 22.7 Å². The van der Waals surface area contributed by atoms with Crippen molar-refractivity contribution in [1.29, 1.82) is 0 Å². The van der Waals surface area contributed by atoms with Crippen molar-refractivity contribution >= 4 is 43.9 Å². The van der Waals surface area contributed by atoms with Crippen LogP contribution in [-0.4, -0.2) is 14.5 Å². The smallest absolute Gasteiger partial charge is 0.221 e. The topological polar surface area (TPSA) is 53.1 Å². The predicted molar refractivity (Wildman–Crippen MR) is 240 cm³/mol. The number of hydrogen-bond acceptors (Lipinski definition) is 4. The van der Waals surface area contributed by atoms with Gasteiger partial charge in [0.2, 0.25) is 5.88 Å². The van der Waals surface area contributed by atoms with Gasteiger partial charge in [-0.2, -0.15) is 4.98 Å². The molecule has 1 atom stereocenters. The highest BCUT2D eigenvalue weighted by Gasteiger charge is 2.56. The van der Waals surface area contributed by atoms with E-state index in [1.807, 2.05) is 18.2 Å². The maximum Gasteiger partial charge on any atom is 0.221 e. The van der Waals surface area contributed by atoms with Gasteiger partial charge in [-0.05, 0) is 137 Å². The Labute approximate surface area is 342 Å². The quantitative estimate of drug-likeness (QED) is 0.175. The highest BCUT2D eigenvalue weighted by atomic mass is 16.5. The zero-order valence-corrected chi connectivity index (χ0v) is 35.7. The molecule has 2 aliphatic rings. The van der Waals surface area contributed by atoms with Crippen LogP contribution in [0.4, 0.5) is 0 Å². The van der Waals surface area contributed by atoms with Gasteiger partial charge in [0.25, 0.3) is 0 Å². The zero-order valence-electron chi connectivity index (χ0n) is 35.7. The molecule has 0 bridgehead atoms. The third kappa shape index (κ3) is 5.71. The highest BCUT2D eigenvalue weighted by molar-refractivity contribution is 6.09. The Hall–Kier alpha value is -5.42. The molecule has 0 amide bonds. The summed E-state index contributed by atoms with van der Waals surface area (Å²) in [6.45, 7) is 24.2. The molecule has 1 saturated carbocycles. The van der Waals surface area contributed by atoms with E-state index in [-0.39, 0.29) is 10.8 Å². The Bertz CT molecular complexity index is 2940. The molecule has 0 N–H and O–H groups in total. The van der Waals surface area contributed by atoms with Gasteiger partial charge < -0.3 is 9.15 Å². The van der Waals surface area contributed by atoms with E-state index in [0.717, 1.165) is 55.2 Å². The van der Waals surface area contributed by atoms with Gasteiger partial charge >= 0.3 is 0 Å². The van der Waals surface area contributed by atoms with Gasteiger partial charge in [0.05, 0.1) is 11.2 Å². The average Bonchev–Trinajstić information content (AvgIpc) is 3.75. The number of fused-ring (bicyclic) bond motifs is 7. The summed E-state index contributed by atoms with van der Waals surface area (Å²) in [5, 5.41) is 4.28. The third-order valence-corrected chi connectivity index (χ3v) is 14.1. The van der Waals surface area contributed by atoms with Crippen LogP contribution in [0.5, 0.6) is 11.6 Å². The van der Waals surface area contributed by atoms with Crippen molar-refractivity contribution in [2.75, 3.05) is 0 Å². The molecule has 4 aromatic heterocycles. The van der Waals surface area contributed by atoms with Gasteiger partial charge in [0, 0.05) is 45.1 Å². The largest absolute Gasteiger partial charge is 0.452 e. The summed E-state index contributed by atoms with van der Waals surface area (Å²) in [6, 6.07) is 34.2. The van der Waals surface area contributed by atoms with Crippen LogP contribution < -0.4 is 4.74 Å². The first-order chi connectivity index (χ1) is 27.5. The van der Waals surface area contributed by atoms with Crippen molar-refractivity contribution in [3.63, 3.8) is 0 Å². The SMILES string of the molecule is Cc1ccc(-n2c3ccccc3c3ccc(Oc4cc(-c5cc6c(cn5)C(C)(C)C(C5CC(C)(C)CC(C)(C)C5)C6(C)C)cc5c4oc4ccccc45)nc32)cc1C. The standard InChI is InChI=1S/C53H55N3O2/c1-31-19-20-35(23-32(31)2)56-43-17-13-11-15-36(43)38-21-22-46(55-49(38)56)57-45-25-33(24-39-37-16-12-14-18-44(37)58-47(39)45)42-26-40-41(29-54-42)53(9,10)48(52(40,7)8)34-27-50(3,4)30-51(5,6)28-34/h11-26,29,34,48H,27-28,30H2,1-10H3. The summed E-state index contributed by atoms with van der Waals surface area (Å²) >= 11 is 0. The number of furan rings is 1.